The van der Waals surface area contributed by atoms with E-state index in [0.717, 1.165) is 145 Å². The maximum Gasteiger partial charge on any atom is 0.159 e. The first kappa shape index (κ1) is 46.7. The number of benzene rings is 14. The minimum Gasteiger partial charge on any atom is -0.456 e. The van der Waals surface area contributed by atoms with Gasteiger partial charge in [0.25, 0.3) is 0 Å². The van der Waals surface area contributed by atoms with E-state index < -0.39 is 0 Å². The highest BCUT2D eigenvalue weighted by atomic mass is 16.5. The molecule has 0 aliphatic carbocycles. The van der Waals surface area contributed by atoms with Gasteiger partial charge in [-0.1, -0.05) is 206 Å². The summed E-state index contributed by atoms with van der Waals surface area (Å²) >= 11 is 0. The van der Waals surface area contributed by atoms with Gasteiger partial charge in [0.1, 0.15) is 22.7 Å². The minimum absolute atomic E-state index is 0.791. The number of furan rings is 2. The van der Waals surface area contributed by atoms with Crippen LogP contribution < -0.4 is 14.5 Å². The fraction of sp³-hybridized carbons (Fsp3) is 0. The van der Waals surface area contributed by atoms with Gasteiger partial charge in [0, 0.05) is 55.4 Å². The molecule has 0 radical (unpaired) electrons. The van der Waals surface area contributed by atoms with Gasteiger partial charge in [0.15, 0.2) is 11.2 Å². The predicted molar refractivity (Wildman–Crippen MR) is 345 cm³/mol. The van der Waals surface area contributed by atoms with Crippen LogP contribution in [-0.2, 0) is 0 Å². The van der Waals surface area contributed by atoms with Crippen molar-refractivity contribution in [3.8, 4) is 56.0 Å². The molecule has 0 saturated heterocycles. The van der Waals surface area contributed by atoms with Gasteiger partial charge in [-0.25, -0.2) is 0 Å². The molecule has 5 nitrogen and oxygen atoms in total. The van der Waals surface area contributed by atoms with Crippen LogP contribution in [0.15, 0.2) is 300 Å². The van der Waals surface area contributed by atoms with Crippen molar-refractivity contribution in [2.24, 2.45) is 0 Å². The van der Waals surface area contributed by atoms with Crippen molar-refractivity contribution < 1.29 is 13.6 Å². The molecule has 0 amide bonds. The topological polar surface area (TPSA) is 42.0 Å². The molecule has 0 bridgehead atoms. The van der Waals surface area contributed by atoms with Crippen molar-refractivity contribution in [1.29, 1.82) is 0 Å². The number of anilines is 6. The highest BCUT2D eigenvalue weighted by molar-refractivity contribution is 6.25. The quantitative estimate of drug-likeness (QED) is 0.135. The van der Waals surface area contributed by atoms with E-state index >= 15 is 0 Å². The van der Waals surface area contributed by atoms with Gasteiger partial charge in [-0.3, -0.25) is 0 Å². The van der Waals surface area contributed by atoms with Crippen LogP contribution >= 0.6 is 0 Å². The van der Waals surface area contributed by atoms with Crippen LogP contribution in [0.1, 0.15) is 0 Å². The highest BCUT2D eigenvalue weighted by Crippen LogP contribution is 2.54. The van der Waals surface area contributed by atoms with Gasteiger partial charge in [0.05, 0.1) is 28.4 Å². The molecule has 0 spiro atoms. The summed E-state index contributed by atoms with van der Waals surface area (Å²) in [4.78, 5) is 4.69. The van der Waals surface area contributed by atoms with Crippen LogP contribution in [0, 0.1) is 0 Å². The molecule has 83 heavy (non-hydrogen) atoms. The monoisotopic (exact) mass is 1060 g/mol. The smallest absolute Gasteiger partial charge is 0.159 e. The van der Waals surface area contributed by atoms with Gasteiger partial charge in [-0.15, -0.1) is 0 Å². The van der Waals surface area contributed by atoms with E-state index in [1.54, 1.807) is 0 Å². The lowest BCUT2D eigenvalue weighted by atomic mass is 9.86. The molecule has 0 saturated carbocycles. The van der Waals surface area contributed by atoms with Gasteiger partial charge in [-0.2, -0.15) is 0 Å². The standard InChI is InChI=1S/C78H48N2O3/c1-3-20-49(21-4-1)54-24-9-13-33-68(54)79(70-35-17-31-62-58-28-11-15-37-72(58)82-77(62)70)52-42-40-51(41-43-52)64-47-66-61-30-19-39-74-76(61)67(48-65(66)57-27-8-7-26-56(57)64)60-45-44-53(46-75(60)81-74)80(69-34-14-10-25-55(69)50-22-5-2-6-23-50)71-36-18-32-63-59-29-12-16-38-73(59)83-78(63)71/h1-48H. The average molecular weight is 1060 g/mol. The van der Waals surface area contributed by atoms with E-state index in [-0.39, 0.29) is 0 Å². The summed E-state index contributed by atoms with van der Waals surface area (Å²) in [6.07, 6.45) is 0. The van der Waals surface area contributed by atoms with E-state index in [9.17, 15) is 0 Å². The zero-order valence-electron chi connectivity index (χ0n) is 44.8. The SMILES string of the molecule is c1ccc(-c2ccccc2N(c2ccc(-c3cc4c5cccc6c5c(cc4c4ccccc34)-c3ccc(N(c4ccccc4-c4ccccc4)c4cccc5c4oc4ccccc45)cc3O6)cc2)c2cccc3c2oc2ccccc23)cc1. The number of hydrogen-bond donors (Lipinski definition) is 0. The van der Waals surface area contributed by atoms with Crippen molar-refractivity contribution >= 4 is 110 Å². The second-order valence-corrected chi connectivity index (χ2v) is 21.4. The molecule has 16 aromatic rings. The number of hydrogen-bond acceptors (Lipinski definition) is 5. The Bertz CT molecular complexity index is 5250. The summed E-state index contributed by atoms with van der Waals surface area (Å²) in [7, 11) is 0. The Morgan fingerprint density at radius 2 is 0.675 bits per heavy atom. The van der Waals surface area contributed by atoms with E-state index in [2.05, 4.69) is 283 Å². The third-order valence-corrected chi connectivity index (χ3v) is 16.8. The molecule has 3 heterocycles. The van der Waals surface area contributed by atoms with Crippen molar-refractivity contribution in [2.45, 2.75) is 0 Å². The van der Waals surface area contributed by atoms with Crippen LogP contribution in [0.4, 0.5) is 34.1 Å². The number of para-hydroxylation sites is 6. The van der Waals surface area contributed by atoms with E-state index in [4.69, 9.17) is 13.6 Å². The van der Waals surface area contributed by atoms with Gasteiger partial charge in [-0.05, 0) is 134 Å². The van der Waals surface area contributed by atoms with E-state index in [1.807, 2.05) is 18.2 Å². The van der Waals surface area contributed by atoms with E-state index in [0.29, 0.717) is 0 Å². The van der Waals surface area contributed by atoms with Gasteiger partial charge < -0.3 is 23.4 Å². The number of rotatable bonds is 9. The lowest BCUT2D eigenvalue weighted by molar-refractivity contribution is 0.487. The molecule has 5 heteroatoms. The molecule has 17 rings (SSSR count). The van der Waals surface area contributed by atoms with Gasteiger partial charge in [0.2, 0.25) is 0 Å². The molecular formula is C78H48N2O3. The maximum atomic E-state index is 7.14. The highest BCUT2D eigenvalue weighted by Gasteiger charge is 2.28. The molecule has 0 atom stereocenters. The lowest BCUT2D eigenvalue weighted by Gasteiger charge is -2.30. The third-order valence-electron chi connectivity index (χ3n) is 16.8. The summed E-state index contributed by atoms with van der Waals surface area (Å²) in [5.74, 6) is 1.62. The molecule has 0 fully saturated rings. The van der Waals surface area contributed by atoms with Crippen molar-refractivity contribution in [2.75, 3.05) is 9.80 Å². The Kier molecular flexibility index (Phi) is 10.6. The van der Waals surface area contributed by atoms with Crippen LogP contribution in [0.25, 0.3) is 121 Å². The summed E-state index contributed by atoms with van der Waals surface area (Å²) in [6.45, 7) is 0. The normalized spacial score (nSPS) is 12.0. The summed E-state index contributed by atoms with van der Waals surface area (Å²) in [6, 6.07) is 104. The first-order valence-corrected chi connectivity index (χ1v) is 28.2. The molecule has 0 unspecified atom stereocenters. The Morgan fingerprint density at radius 3 is 1.30 bits per heavy atom. The molecular weight excluding hydrogens is 1010 g/mol. The Labute approximate surface area is 478 Å². The first-order valence-electron chi connectivity index (χ1n) is 28.2. The average Bonchev–Trinajstić information content (AvgIpc) is 3.54. The van der Waals surface area contributed by atoms with Crippen LogP contribution in [0.5, 0.6) is 11.5 Å². The van der Waals surface area contributed by atoms with Crippen molar-refractivity contribution in [1.82, 2.24) is 0 Å². The fourth-order valence-electron chi connectivity index (χ4n) is 13.1. The van der Waals surface area contributed by atoms with Crippen molar-refractivity contribution in [3.05, 3.63) is 291 Å². The largest absolute Gasteiger partial charge is 0.456 e. The molecule has 14 aromatic carbocycles. The lowest BCUT2D eigenvalue weighted by Crippen LogP contribution is -2.12. The Balaban J connectivity index is 0.812. The maximum absolute atomic E-state index is 7.14. The van der Waals surface area contributed by atoms with Crippen LogP contribution in [0.2, 0.25) is 0 Å². The second kappa shape index (κ2) is 18.7. The third kappa shape index (κ3) is 7.42. The van der Waals surface area contributed by atoms with Crippen molar-refractivity contribution in [3.63, 3.8) is 0 Å². The molecule has 1 aliphatic rings. The number of fused-ring (bicyclic) bond motifs is 12. The summed E-state index contributed by atoms with van der Waals surface area (Å²) < 4.78 is 20.7. The van der Waals surface area contributed by atoms with Crippen LogP contribution in [-0.4, -0.2) is 0 Å². The second-order valence-electron chi connectivity index (χ2n) is 21.4. The summed E-state index contributed by atoms with van der Waals surface area (Å²) in [5.41, 5.74) is 18.3. The first-order chi connectivity index (χ1) is 41.2. The molecule has 1 aliphatic heterocycles. The number of ether oxygens (including phenoxy) is 1. The van der Waals surface area contributed by atoms with Crippen LogP contribution in [0.3, 0.4) is 0 Å². The zero-order valence-corrected chi connectivity index (χ0v) is 44.8. The number of nitrogens with zero attached hydrogens (tertiary/aromatic N) is 2. The molecule has 2 aromatic heterocycles. The zero-order chi connectivity index (χ0) is 54.5. The predicted octanol–water partition coefficient (Wildman–Crippen LogP) is 22.7. The van der Waals surface area contributed by atoms with E-state index in [1.165, 1.54) is 21.5 Å². The summed E-state index contributed by atoms with van der Waals surface area (Å²) in [5, 5.41) is 11.3. The Hall–Kier alpha value is -11.1. The molecule has 388 valence electrons. The minimum atomic E-state index is 0.791. The fourth-order valence-corrected chi connectivity index (χ4v) is 13.1. The molecule has 0 N–H and O–H groups in total. The van der Waals surface area contributed by atoms with Gasteiger partial charge >= 0.3 is 0 Å². The Morgan fingerprint density at radius 1 is 0.229 bits per heavy atom.